The van der Waals surface area contributed by atoms with Gasteiger partial charge in [0.2, 0.25) is 0 Å². The average molecular weight is 511 g/mol. The first-order valence-corrected chi connectivity index (χ1v) is 16.4. The summed E-state index contributed by atoms with van der Waals surface area (Å²) < 4.78 is 0. The van der Waals surface area contributed by atoms with E-state index in [1.54, 1.807) is 11.1 Å². The molecule has 3 aromatic rings. The molecule has 2 aliphatic rings. The first-order valence-electron chi connectivity index (χ1n) is 14.9. The molecule has 0 aliphatic heterocycles. The van der Waals surface area contributed by atoms with Gasteiger partial charge >= 0.3 is 0 Å². The number of hydrogen-bond donors (Lipinski definition) is 0. The molecule has 0 saturated heterocycles. The van der Waals surface area contributed by atoms with Gasteiger partial charge in [-0.1, -0.05) is 129 Å². The van der Waals surface area contributed by atoms with Gasteiger partial charge in [-0.05, 0) is 99.9 Å². The Bertz CT molecular complexity index is 1170. The molecule has 4 atom stereocenters. The Kier molecular flexibility index (Phi) is 7.98. The number of hydrogen-bond acceptors (Lipinski definition) is 0. The predicted molar refractivity (Wildman–Crippen MR) is 165 cm³/mol. The van der Waals surface area contributed by atoms with Crippen molar-refractivity contribution >= 4 is 7.92 Å². The second-order valence-corrected chi connectivity index (χ2v) is 16.4. The van der Waals surface area contributed by atoms with E-state index in [1.165, 1.54) is 73.4 Å². The lowest BCUT2D eigenvalue weighted by Crippen LogP contribution is -2.44. The number of aryl methyl sites for hydroxylation is 1. The molecule has 37 heavy (non-hydrogen) atoms. The molecule has 4 unspecified atom stereocenters. The van der Waals surface area contributed by atoms with Crippen molar-refractivity contribution in [3.05, 3.63) is 83.9 Å². The van der Waals surface area contributed by atoms with Gasteiger partial charge in [0.15, 0.2) is 0 Å². The molecule has 0 N–H and O–H groups in total. The Morgan fingerprint density at radius 2 is 1.41 bits per heavy atom. The lowest BCUT2D eigenvalue weighted by molar-refractivity contribution is 0.153. The normalized spacial score (nSPS) is 24.6. The van der Waals surface area contributed by atoms with Gasteiger partial charge in [0.1, 0.15) is 0 Å². The van der Waals surface area contributed by atoms with Crippen LogP contribution in [0.5, 0.6) is 0 Å². The molecule has 0 spiro atoms. The first kappa shape index (κ1) is 26.7. The van der Waals surface area contributed by atoms with Gasteiger partial charge in [-0.25, -0.2) is 0 Å². The summed E-state index contributed by atoms with van der Waals surface area (Å²) in [5.41, 5.74) is 8.63. The maximum absolute atomic E-state index is 2.61. The smallest absolute Gasteiger partial charge is 0.00604 e. The molecule has 0 radical (unpaired) electrons. The highest BCUT2D eigenvalue weighted by molar-refractivity contribution is 7.60. The van der Waals surface area contributed by atoms with Crippen molar-refractivity contribution in [2.45, 2.75) is 102 Å². The fraction of sp³-hybridized carbons (Fsp3) is 0.500. The zero-order valence-electron chi connectivity index (χ0n) is 23.9. The number of rotatable bonds is 7. The molecule has 2 saturated carbocycles. The fourth-order valence-corrected chi connectivity index (χ4v) is 12.0. The van der Waals surface area contributed by atoms with Crippen molar-refractivity contribution in [3.63, 3.8) is 0 Å². The molecule has 196 valence electrons. The van der Waals surface area contributed by atoms with Crippen LogP contribution in [0.4, 0.5) is 0 Å². The molecule has 5 rings (SSSR count). The Morgan fingerprint density at radius 1 is 0.811 bits per heavy atom. The standard InChI is InChI=1S/C36H47P/c1-6-27-21-28-15-14-20-36(24-27,25-28)37(35(3,4)5)26-32-23-34(31-18-12-9-13-19-31)33(22-29(32)7-2)30-16-10-8-11-17-30/h8-13,16-19,22-23,27-28H,6-7,14-15,20-21,24-26H2,1-5H3. The second-order valence-electron chi connectivity index (χ2n) is 12.9. The van der Waals surface area contributed by atoms with Crippen LogP contribution in [0.15, 0.2) is 72.8 Å². The summed E-state index contributed by atoms with van der Waals surface area (Å²) in [5.74, 6) is 1.92. The van der Waals surface area contributed by atoms with Crippen LogP contribution in [-0.4, -0.2) is 10.3 Å². The summed E-state index contributed by atoms with van der Waals surface area (Å²) in [6, 6.07) is 27.3. The molecular formula is C36H47P. The largest absolute Gasteiger partial charge is 0.0903 e. The molecule has 1 heteroatoms. The fourth-order valence-electron chi connectivity index (χ4n) is 7.77. The number of benzene rings is 3. The van der Waals surface area contributed by atoms with E-state index in [0.29, 0.717) is 10.3 Å². The molecule has 0 amide bonds. The second kappa shape index (κ2) is 11.1. The lowest BCUT2D eigenvalue weighted by Gasteiger charge is -2.56. The van der Waals surface area contributed by atoms with Gasteiger partial charge in [-0.15, -0.1) is 0 Å². The van der Waals surface area contributed by atoms with E-state index in [9.17, 15) is 0 Å². The summed E-state index contributed by atoms with van der Waals surface area (Å²) in [4.78, 5) is 0. The quantitative estimate of drug-likeness (QED) is 0.277. The SMILES string of the molecule is CCc1cc(-c2ccccc2)c(-c2ccccc2)cc1CP(C(C)(C)C)C12CCCC(CC(CC)C1)C2. The van der Waals surface area contributed by atoms with Gasteiger partial charge < -0.3 is 0 Å². The Hall–Kier alpha value is -1.91. The topological polar surface area (TPSA) is 0 Å². The van der Waals surface area contributed by atoms with Crippen LogP contribution in [0.2, 0.25) is 0 Å². The lowest BCUT2D eigenvalue weighted by atomic mass is 9.67. The van der Waals surface area contributed by atoms with Crippen LogP contribution < -0.4 is 0 Å². The van der Waals surface area contributed by atoms with Crippen LogP contribution in [0.25, 0.3) is 22.3 Å². The Balaban J connectivity index is 1.62. The third-order valence-corrected chi connectivity index (χ3v) is 13.4. The van der Waals surface area contributed by atoms with Crippen molar-refractivity contribution in [2.24, 2.45) is 11.8 Å². The van der Waals surface area contributed by atoms with Crippen molar-refractivity contribution in [1.29, 1.82) is 0 Å². The molecule has 2 fully saturated rings. The van der Waals surface area contributed by atoms with E-state index >= 15 is 0 Å². The van der Waals surface area contributed by atoms with Gasteiger partial charge in [0.05, 0.1) is 0 Å². The van der Waals surface area contributed by atoms with Crippen molar-refractivity contribution in [3.8, 4) is 22.3 Å². The van der Waals surface area contributed by atoms with E-state index in [0.717, 1.165) is 18.3 Å². The Morgan fingerprint density at radius 3 is 1.95 bits per heavy atom. The van der Waals surface area contributed by atoms with Crippen molar-refractivity contribution < 1.29 is 0 Å². The molecule has 2 aliphatic carbocycles. The molecule has 0 heterocycles. The van der Waals surface area contributed by atoms with E-state index in [-0.39, 0.29) is 7.92 Å². The Labute approximate surface area is 228 Å². The van der Waals surface area contributed by atoms with Crippen LogP contribution in [0.3, 0.4) is 0 Å². The first-order chi connectivity index (χ1) is 17.8. The third-order valence-electron chi connectivity index (χ3n) is 9.44. The van der Waals surface area contributed by atoms with Gasteiger partial charge in [-0.3, -0.25) is 0 Å². The third kappa shape index (κ3) is 5.61. The minimum atomic E-state index is -0.155. The van der Waals surface area contributed by atoms with Crippen LogP contribution in [0, 0.1) is 11.8 Å². The molecule has 0 nitrogen and oxygen atoms in total. The van der Waals surface area contributed by atoms with E-state index in [2.05, 4.69) is 107 Å². The minimum Gasteiger partial charge on any atom is -0.0903 e. The van der Waals surface area contributed by atoms with Crippen LogP contribution >= 0.6 is 7.92 Å². The molecule has 0 aromatic heterocycles. The summed E-state index contributed by atoms with van der Waals surface area (Å²) in [5, 5.41) is 0.939. The number of fused-ring (bicyclic) bond motifs is 2. The molecular weight excluding hydrogens is 463 g/mol. The van der Waals surface area contributed by atoms with Gasteiger partial charge in [0, 0.05) is 0 Å². The van der Waals surface area contributed by atoms with Crippen LogP contribution in [-0.2, 0) is 12.6 Å². The average Bonchev–Trinajstić information content (AvgIpc) is 2.91. The van der Waals surface area contributed by atoms with Gasteiger partial charge in [-0.2, -0.15) is 0 Å². The maximum atomic E-state index is 2.61. The van der Waals surface area contributed by atoms with Crippen molar-refractivity contribution in [1.82, 2.24) is 0 Å². The molecule has 3 aromatic carbocycles. The van der Waals surface area contributed by atoms with E-state index in [1.807, 2.05) is 0 Å². The highest BCUT2D eigenvalue weighted by Crippen LogP contribution is 2.70. The maximum Gasteiger partial charge on any atom is -0.00604 e. The van der Waals surface area contributed by atoms with Crippen LogP contribution in [0.1, 0.15) is 90.7 Å². The highest BCUT2D eigenvalue weighted by Gasteiger charge is 2.50. The highest BCUT2D eigenvalue weighted by atomic mass is 31.1. The van der Waals surface area contributed by atoms with Crippen molar-refractivity contribution in [2.75, 3.05) is 0 Å². The summed E-state index contributed by atoms with van der Waals surface area (Å²) in [6.45, 7) is 12.5. The predicted octanol–water partition coefficient (Wildman–Crippen LogP) is 11.1. The monoisotopic (exact) mass is 510 g/mol. The summed E-state index contributed by atoms with van der Waals surface area (Å²) >= 11 is 0. The van der Waals surface area contributed by atoms with E-state index < -0.39 is 0 Å². The zero-order valence-corrected chi connectivity index (χ0v) is 24.8. The van der Waals surface area contributed by atoms with E-state index in [4.69, 9.17) is 0 Å². The zero-order chi connectivity index (χ0) is 26.0. The summed E-state index contributed by atoms with van der Waals surface area (Å²) in [6.07, 6.45) is 12.6. The summed E-state index contributed by atoms with van der Waals surface area (Å²) in [7, 11) is -0.155. The molecule has 2 bridgehead atoms. The minimum absolute atomic E-state index is 0.155. The van der Waals surface area contributed by atoms with Gasteiger partial charge in [0.25, 0.3) is 0 Å².